The first-order chi connectivity index (χ1) is 8.76. The van der Waals surface area contributed by atoms with Crippen LogP contribution in [-0.4, -0.2) is 36.0 Å². The van der Waals surface area contributed by atoms with E-state index in [1.165, 1.54) is 41.7 Å². The minimum atomic E-state index is 0.389. The molecule has 1 saturated heterocycles. The first-order valence-electron chi connectivity index (χ1n) is 6.46. The SMILES string of the molecule is CSC1CCCN(C(CN)c2sccc2Br)CC1. The summed E-state index contributed by atoms with van der Waals surface area (Å²) in [4.78, 5) is 3.97. The van der Waals surface area contributed by atoms with Gasteiger partial charge in [-0.25, -0.2) is 0 Å². The number of nitrogens with two attached hydrogens (primary N) is 1. The lowest BCUT2D eigenvalue weighted by Gasteiger charge is -2.29. The third kappa shape index (κ3) is 3.51. The van der Waals surface area contributed by atoms with Crippen LogP contribution >= 0.6 is 39.0 Å². The Hall–Kier alpha value is 0.450. The van der Waals surface area contributed by atoms with E-state index in [1.807, 2.05) is 23.1 Å². The van der Waals surface area contributed by atoms with Gasteiger partial charge < -0.3 is 5.73 Å². The molecule has 2 nitrogen and oxygen atoms in total. The monoisotopic (exact) mass is 348 g/mol. The normalized spacial score (nSPS) is 23.8. The van der Waals surface area contributed by atoms with Crippen molar-refractivity contribution in [1.29, 1.82) is 0 Å². The predicted octanol–water partition coefficient (Wildman–Crippen LogP) is 3.73. The number of thioether (sulfide) groups is 1. The first kappa shape index (κ1) is 14.9. The summed E-state index contributed by atoms with van der Waals surface area (Å²) in [5.74, 6) is 0. The van der Waals surface area contributed by atoms with Crippen molar-refractivity contribution in [3.8, 4) is 0 Å². The second-order valence-electron chi connectivity index (χ2n) is 4.71. The van der Waals surface area contributed by atoms with E-state index in [0.29, 0.717) is 12.6 Å². The molecule has 1 aliphatic heterocycles. The van der Waals surface area contributed by atoms with Crippen LogP contribution in [0.5, 0.6) is 0 Å². The molecular formula is C13H21BrN2S2. The minimum Gasteiger partial charge on any atom is -0.329 e. The van der Waals surface area contributed by atoms with Crippen molar-refractivity contribution in [2.75, 3.05) is 25.9 Å². The maximum atomic E-state index is 6.02. The molecule has 2 heterocycles. The molecule has 0 aliphatic carbocycles. The summed E-state index contributed by atoms with van der Waals surface area (Å²) in [5.41, 5.74) is 6.02. The molecule has 0 saturated carbocycles. The van der Waals surface area contributed by atoms with Crippen LogP contribution in [0.15, 0.2) is 15.9 Å². The zero-order valence-electron chi connectivity index (χ0n) is 10.8. The number of rotatable bonds is 4. The molecule has 2 N–H and O–H groups in total. The molecule has 0 spiro atoms. The summed E-state index contributed by atoms with van der Waals surface area (Å²) in [6, 6.07) is 2.52. The average Bonchev–Trinajstić information content (AvgIpc) is 2.67. The lowest BCUT2D eigenvalue weighted by atomic mass is 10.2. The number of thiophene rings is 1. The van der Waals surface area contributed by atoms with Gasteiger partial charge in [0.2, 0.25) is 0 Å². The van der Waals surface area contributed by atoms with E-state index >= 15 is 0 Å². The molecule has 1 aromatic heterocycles. The summed E-state index contributed by atoms with van der Waals surface area (Å²) in [7, 11) is 0. The molecule has 18 heavy (non-hydrogen) atoms. The van der Waals surface area contributed by atoms with Crippen LogP contribution in [0.3, 0.4) is 0 Å². The lowest BCUT2D eigenvalue weighted by Crippen LogP contribution is -2.34. The van der Waals surface area contributed by atoms with Gasteiger partial charge in [0.25, 0.3) is 0 Å². The highest BCUT2D eigenvalue weighted by atomic mass is 79.9. The quantitative estimate of drug-likeness (QED) is 0.898. The van der Waals surface area contributed by atoms with Crippen molar-refractivity contribution in [2.24, 2.45) is 5.73 Å². The molecule has 2 unspecified atom stereocenters. The molecule has 5 heteroatoms. The Morgan fingerprint density at radius 2 is 2.39 bits per heavy atom. The highest BCUT2D eigenvalue weighted by Gasteiger charge is 2.25. The van der Waals surface area contributed by atoms with Gasteiger partial charge in [-0.1, -0.05) is 0 Å². The molecule has 0 amide bonds. The second-order valence-corrected chi connectivity index (χ2v) is 7.65. The fraction of sp³-hybridized carbons (Fsp3) is 0.692. The van der Waals surface area contributed by atoms with Crippen LogP contribution in [0.1, 0.15) is 30.2 Å². The minimum absolute atomic E-state index is 0.389. The molecule has 102 valence electrons. The Bertz CT molecular complexity index is 370. The Kier molecular flexibility index (Phi) is 6.01. The zero-order valence-corrected chi connectivity index (χ0v) is 14.0. The van der Waals surface area contributed by atoms with Crippen molar-refractivity contribution in [2.45, 2.75) is 30.6 Å². The number of nitrogens with zero attached hydrogens (tertiary/aromatic N) is 1. The molecule has 2 atom stereocenters. The number of halogens is 1. The zero-order chi connectivity index (χ0) is 13.0. The summed E-state index contributed by atoms with van der Waals surface area (Å²) in [6.45, 7) is 3.07. The van der Waals surface area contributed by atoms with Gasteiger partial charge in [-0.3, -0.25) is 4.90 Å². The third-order valence-electron chi connectivity index (χ3n) is 3.65. The van der Waals surface area contributed by atoms with Crippen molar-refractivity contribution in [3.63, 3.8) is 0 Å². The van der Waals surface area contributed by atoms with Crippen molar-refractivity contribution >= 4 is 39.0 Å². The molecule has 2 rings (SSSR count). The maximum absolute atomic E-state index is 6.02. The summed E-state index contributed by atoms with van der Waals surface area (Å²) < 4.78 is 1.22. The number of likely N-dealkylation sites (tertiary alicyclic amines) is 1. The highest BCUT2D eigenvalue weighted by Crippen LogP contribution is 2.34. The van der Waals surface area contributed by atoms with Crippen LogP contribution in [0.2, 0.25) is 0 Å². The van der Waals surface area contributed by atoms with Crippen LogP contribution < -0.4 is 5.73 Å². The van der Waals surface area contributed by atoms with Crippen LogP contribution in [0.4, 0.5) is 0 Å². The van der Waals surface area contributed by atoms with E-state index in [-0.39, 0.29) is 0 Å². The van der Waals surface area contributed by atoms with Crippen molar-refractivity contribution in [3.05, 3.63) is 20.8 Å². The Balaban J connectivity index is 2.06. The van der Waals surface area contributed by atoms with Gasteiger partial charge in [-0.05, 0) is 66.0 Å². The van der Waals surface area contributed by atoms with Crippen LogP contribution in [-0.2, 0) is 0 Å². The van der Waals surface area contributed by atoms with E-state index in [4.69, 9.17) is 5.73 Å². The fourth-order valence-electron chi connectivity index (χ4n) is 2.60. The number of hydrogen-bond acceptors (Lipinski definition) is 4. The molecule has 0 radical (unpaired) electrons. The highest BCUT2D eigenvalue weighted by molar-refractivity contribution is 9.10. The second kappa shape index (κ2) is 7.29. The van der Waals surface area contributed by atoms with Gasteiger partial charge in [0.1, 0.15) is 0 Å². The van der Waals surface area contributed by atoms with Crippen molar-refractivity contribution in [1.82, 2.24) is 4.90 Å². The van der Waals surface area contributed by atoms with Gasteiger partial charge in [0.05, 0.1) is 6.04 Å². The Morgan fingerprint density at radius 3 is 3.00 bits per heavy atom. The molecule has 0 aromatic carbocycles. The van der Waals surface area contributed by atoms with E-state index < -0.39 is 0 Å². The van der Waals surface area contributed by atoms with E-state index in [0.717, 1.165) is 5.25 Å². The van der Waals surface area contributed by atoms with Crippen LogP contribution in [0, 0.1) is 0 Å². The van der Waals surface area contributed by atoms with Gasteiger partial charge in [-0.2, -0.15) is 11.8 Å². The summed E-state index contributed by atoms with van der Waals surface area (Å²) in [5, 5.41) is 2.98. The Morgan fingerprint density at radius 1 is 1.56 bits per heavy atom. The molecule has 1 aromatic rings. The lowest BCUT2D eigenvalue weighted by molar-refractivity contribution is 0.212. The number of hydrogen-bond donors (Lipinski definition) is 1. The summed E-state index contributed by atoms with van der Waals surface area (Å²) >= 11 is 7.48. The van der Waals surface area contributed by atoms with Gasteiger partial charge in [-0.15, -0.1) is 11.3 Å². The van der Waals surface area contributed by atoms with Gasteiger partial charge >= 0.3 is 0 Å². The predicted molar refractivity (Wildman–Crippen MR) is 86.5 cm³/mol. The average molecular weight is 349 g/mol. The molecule has 0 bridgehead atoms. The Labute approximate surface area is 126 Å². The largest absolute Gasteiger partial charge is 0.329 e. The van der Waals surface area contributed by atoms with Crippen LogP contribution in [0.25, 0.3) is 0 Å². The van der Waals surface area contributed by atoms with E-state index in [9.17, 15) is 0 Å². The smallest absolute Gasteiger partial charge is 0.0575 e. The van der Waals surface area contributed by atoms with E-state index in [1.54, 1.807) is 0 Å². The van der Waals surface area contributed by atoms with Gasteiger partial charge in [0, 0.05) is 21.1 Å². The maximum Gasteiger partial charge on any atom is 0.0575 e. The standard InChI is InChI=1S/C13H21BrN2S2/c1-17-10-3-2-6-16(7-4-10)12(9-15)13-11(14)5-8-18-13/h5,8,10,12H,2-4,6-7,9,15H2,1H3. The first-order valence-corrected chi connectivity index (χ1v) is 9.42. The molecule has 1 aliphatic rings. The third-order valence-corrected chi connectivity index (χ3v) is 6.76. The van der Waals surface area contributed by atoms with E-state index in [2.05, 4.69) is 38.5 Å². The topological polar surface area (TPSA) is 29.3 Å². The molecular weight excluding hydrogens is 328 g/mol. The molecule has 1 fully saturated rings. The van der Waals surface area contributed by atoms with Crippen molar-refractivity contribution < 1.29 is 0 Å². The summed E-state index contributed by atoms with van der Waals surface area (Å²) in [6.07, 6.45) is 6.17. The van der Waals surface area contributed by atoms with Gasteiger partial charge in [0.15, 0.2) is 0 Å². The fourth-order valence-corrected chi connectivity index (χ4v) is 5.13.